The van der Waals surface area contributed by atoms with Crippen molar-refractivity contribution in [2.75, 3.05) is 7.11 Å². The Morgan fingerprint density at radius 2 is 1.90 bits per heavy atom. The van der Waals surface area contributed by atoms with Crippen molar-refractivity contribution in [3.8, 4) is 11.5 Å². The maximum absolute atomic E-state index is 13.0. The van der Waals surface area contributed by atoms with Crippen molar-refractivity contribution in [3.63, 3.8) is 0 Å². The van der Waals surface area contributed by atoms with Crippen molar-refractivity contribution >= 4 is 31.9 Å². The number of ether oxygens (including phenoxy) is 2. The van der Waals surface area contributed by atoms with E-state index >= 15 is 0 Å². The van der Waals surface area contributed by atoms with Crippen LogP contribution in [0.2, 0.25) is 0 Å². The molecule has 0 heterocycles. The topological polar surface area (TPSA) is 18.5 Å². The second-order valence-corrected chi connectivity index (χ2v) is 5.56. The molecule has 0 N–H and O–H groups in total. The molecule has 0 aliphatic carbocycles. The zero-order valence-corrected chi connectivity index (χ0v) is 14.0. The van der Waals surface area contributed by atoms with Gasteiger partial charge in [-0.2, -0.15) is 0 Å². The first-order valence-corrected chi connectivity index (χ1v) is 7.85. The molecule has 0 saturated carbocycles. The van der Waals surface area contributed by atoms with Crippen LogP contribution in [0.25, 0.3) is 0 Å². The van der Waals surface area contributed by atoms with Crippen molar-refractivity contribution in [3.05, 3.63) is 57.8 Å². The van der Waals surface area contributed by atoms with Crippen LogP contribution in [0.4, 0.5) is 4.39 Å². The van der Waals surface area contributed by atoms with Gasteiger partial charge in [-0.1, -0.05) is 44.0 Å². The molecular weight excluding hydrogens is 391 g/mol. The molecule has 0 fully saturated rings. The van der Waals surface area contributed by atoms with Gasteiger partial charge in [0.1, 0.15) is 12.4 Å². The smallest absolute Gasteiger partial charge is 0.161 e. The van der Waals surface area contributed by atoms with Crippen LogP contribution < -0.4 is 9.47 Å². The second-order valence-electron chi connectivity index (χ2n) is 4.14. The van der Waals surface area contributed by atoms with Crippen LogP contribution in [-0.2, 0) is 11.9 Å². The summed E-state index contributed by atoms with van der Waals surface area (Å²) in [6, 6.07) is 10.3. The molecule has 0 aromatic heterocycles. The average molecular weight is 404 g/mol. The number of alkyl halides is 1. The molecule has 0 amide bonds. The molecule has 0 aliphatic rings. The van der Waals surface area contributed by atoms with Gasteiger partial charge in [-0.3, -0.25) is 0 Å². The maximum Gasteiger partial charge on any atom is 0.161 e. The highest BCUT2D eigenvalue weighted by molar-refractivity contribution is 9.10. The van der Waals surface area contributed by atoms with Gasteiger partial charge in [-0.15, -0.1) is 0 Å². The third-order valence-electron chi connectivity index (χ3n) is 2.78. The predicted octanol–water partition coefficient (Wildman–Crippen LogP) is 5.07. The van der Waals surface area contributed by atoms with Crippen molar-refractivity contribution < 1.29 is 13.9 Å². The largest absolute Gasteiger partial charge is 0.493 e. The van der Waals surface area contributed by atoms with E-state index in [1.807, 2.05) is 18.2 Å². The molecular formula is C15H13Br2FO2. The average Bonchev–Trinajstić information content (AvgIpc) is 2.46. The van der Waals surface area contributed by atoms with Crippen LogP contribution in [0.15, 0.2) is 40.9 Å². The molecule has 2 rings (SSSR count). The summed E-state index contributed by atoms with van der Waals surface area (Å²) in [5.41, 5.74) is 1.97. The molecule has 0 spiro atoms. The first kappa shape index (κ1) is 15.3. The minimum atomic E-state index is -0.278. The summed E-state index contributed by atoms with van der Waals surface area (Å²) in [6.45, 7) is 0.336. The highest BCUT2D eigenvalue weighted by Crippen LogP contribution is 2.30. The maximum atomic E-state index is 13.0. The number of methoxy groups -OCH3 is 1. The fourth-order valence-electron chi connectivity index (χ4n) is 1.71. The van der Waals surface area contributed by atoms with Gasteiger partial charge in [0.15, 0.2) is 11.5 Å². The van der Waals surface area contributed by atoms with E-state index < -0.39 is 0 Å². The quantitative estimate of drug-likeness (QED) is 0.648. The Bertz CT molecular complexity index is 602. The number of rotatable bonds is 5. The predicted molar refractivity (Wildman–Crippen MR) is 84.1 cm³/mol. The number of halogens is 3. The Labute approximate surface area is 134 Å². The van der Waals surface area contributed by atoms with Crippen LogP contribution in [-0.4, -0.2) is 7.11 Å². The lowest BCUT2D eigenvalue weighted by Crippen LogP contribution is -1.99. The summed E-state index contributed by atoms with van der Waals surface area (Å²) in [5, 5.41) is 0.744. The third-order valence-corrected chi connectivity index (χ3v) is 4.17. The summed E-state index contributed by atoms with van der Waals surface area (Å²) < 4.78 is 24.8. The lowest BCUT2D eigenvalue weighted by Gasteiger charge is -2.12. The van der Waals surface area contributed by atoms with Crippen LogP contribution in [0, 0.1) is 5.82 Å². The number of hydrogen-bond acceptors (Lipinski definition) is 2. The second kappa shape index (κ2) is 7.09. The van der Waals surface area contributed by atoms with Gasteiger partial charge < -0.3 is 9.47 Å². The first-order chi connectivity index (χ1) is 9.63. The summed E-state index contributed by atoms with van der Waals surface area (Å²) >= 11 is 6.73. The molecule has 2 aromatic rings. The summed E-state index contributed by atoms with van der Waals surface area (Å²) in [5.74, 6) is 1.06. The highest BCUT2D eigenvalue weighted by atomic mass is 79.9. The van der Waals surface area contributed by atoms with Crippen molar-refractivity contribution in [2.24, 2.45) is 0 Å². The summed E-state index contributed by atoms with van der Waals surface area (Å²) in [6.07, 6.45) is 0. The van der Waals surface area contributed by atoms with E-state index in [1.165, 1.54) is 12.1 Å². The van der Waals surface area contributed by atoms with Crippen LogP contribution in [0.5, 0.6) is 11.5 Å². The molecule has 0 bridgehead atoms. The molecule has 20 heavy (non-hydrogen) atoms. The molecule has 0 atom stereocenters. The lowest BCUT2D eigenvalue weighted by atomic mass is 10.2. The number of benzene rings is 2. The highest BCUT2D eigenvalue weighted by Gasteiger charge is 2.08. The van der Waals surface area contributed by atoms with Gasteiger partial charge >= 0.3 is 0 Å². The van der Waals surface area contributed by atoms with Crippen LogP contribution >= 0.6 is 31.9 Å². The number of hydrogen-bond donors (Lipinski definition) is 0. The monoisotopic (exact) mass is 402 g/mol. The Morgan fingerprint density at radius 3 is 2.55 bits per heavy atom. The van der Waals surface area contributed by atoms with E-state index in [-0.39, 0.29) is 5.82 Å². The van der Waals surface area contributed by atoms with Crippen LogP contribution in [0.1, 0.15) is 11.1 Å². The molecule has 0 radical (unpaired) electrons. The van der Waals surface area contributed by atoms with E-state index in [2.05, 4.69) is 31.9 Å². The normalized spacial score (nSPS) is 10.4. The molecule has 5 heteroatoms. The molecule has 2 nitrogen and oxygen atoms in total. The zero-order valence-electron chi connectivity index (χ0n) is 10.8. The Hall–Kier alpha value is -1.07. The Morgan fingerprint density at radius 1 is 1.10 bits per heavy atom. The van der Waals surface area contributed by atoms with E-state index in [0.29, 0.717) is 22.6 Å². The summed E-state index contributed by atoms with van der Waals surface area (Å²) in [7, 11) is 1.60. The fraction of sp³-hybridized carbons (Fsp3) is 0.200. The fourth-order valence-corrected chi connectivity index (χ4v) is 2.53. The Kier molecular flexibility index (Phi) is 5.43. The molecule has 0 unspecified atom stereocenters. The minimum Gasteiger partial charge on any atom is -0.493 e. The van der Waals surface area contributed by atoms with Crippen LogP contribution in [0.3, 0.4) is 0 Å². The van der Waals surface area contributed by atoms with E-state index in [0.717, 1.165) is 16.5 Å². The van der Waals surface area contributed by atoms with Gasteiger partial charge in [-0.25, -0.2) is 4.39 Å². The van der Waals surface area contributed by atoms with E-state index in [1.54, 1.807) is 13.2 Å². The summed E-state index contributed by atoms with van der Waals surface area (Å²) in [4.78, 5) is 0. The van der Waals surface area contributed by atoms with Gasteiger partial charge in [0.2, 0.25) is 0 Å². The van der Waals surface area contributed by atoms with Crippen molar-refractivity contribution in [2.45, 2.75) is 11.9 Å². The van der Waals surface area contributed by atoms with Crippen molar-refractivity contribution in [1.29, 1.82) is 0 Å². The Balaban J connectivity index is 2.17. The van der Waals surface area contributed by atoms with Crippen molar-refractivity contribution in [1.82, 2.24) is 0 Å². The standard InChI is InChI=1S/C15H13Br2FO2/c1-19-14-5-2-10(8-16)6-15(14)20-9-11-3-4-12(18)7-13(11)17/h2-7H,8-9H2,1H3. The molecule has 0 saturated heterocycles. The van der Waals surface area contributed by atoms with E-state index in [9.17, 15) is 4.39 Å². The SMILES string of the molecule is COc1ccc(CBr)cc1OCc1ccc(F)cc1Br. The minimum absolute atomic E-state index is 0.278. The van der Waals surface area contributed by atoms with Gasteiger partial charge in [0.25, 0.3) is 0 Å². The van der Waals surface area contributed by atoms with Gasteiger partial charge in [-0.05, 0) is 29.8 Å². The van der Waals surface area contributed by atoms with Gasteiger partial charge in [0, 0.05) is 15.4 Å². The first-order valence-electron chi connectivity index (χ1n) is 5.93. The molecule has 0 aliphatic heterocycles. The zero-order chi connectivity index (χ0) is 14.5. The molecule has 106 valence electrons. The van der Waals surface area contributed by atoms with E-state index in [4.69, 9.17) is 9.47 Å². The lowest BCUT2D eigenvalue weighted by molar-refractivity contribution is 0.283. The van der Waals surface area contributed by atoms with Gasteiger partial charge in [0.05, 0.1) is 7.11 Å². The third kappa shape index (κ3) is 3.73. The molecule has 2 aromatic carbocycles.